The largest absolute Gasteiger partial charge is 0.493 e. The molecule has 2 aromatic carbocycles. The monoisotopic (exact) mass is 389 g/mol. The predicted octanol–water partition coefficient (Wildman–Crippen LogP) is 4.78. The minimum atomic E-state index is -1.24. The van der Waals surface area contributed by atoms with Crippen molar-refractivity contribution in [3.63, 3.8) is 0 Å². The number of carbonyl (C=O) groups excluding carboxylic acids is 1. The van der Waals surface area contributed by atoms with Gasteiger partial charge in [0.05, 0.1) is 27.4 Å². The minimum Gasteiger partial charge on any atom is -0.493 e. The first-order valence-electron chi connectivity index (χ1n) is 7.77. The van der Waals surface area contributed by atoms with Gasteiger partial charge in [0.2, 0.25) is 5.88 Å². The third-order valence-corrected chi connectivity index (χ3v) is 4.47. The maximum Gasteiger partial charge on any atom is 0.337 e. The van der Waals surface area contributed by atoms with E-state index in [-0.39, 0.29) is 21.7 Å². The number of rotatable bonds is 4. The number of halogens is 2. The van der Waals surface area contributed by atoms with Gasteiger partial charge in [0, 0.05) is 0 Å². The Morgan fingerprint density at radius 2 is 1.85 bits per heavy atom. The van der Waals surface area contributed by atoms with Crippen molar-refractivity contribution >= 4 is 40.1 Å². The first-order chi connectivity index (χ1) is 12.8. The summed E-state index contributed by atoms with van der Waals surface area (Å²) in [6.07, 6.45) is 0. The van der Waals surface area contributed by atoms with E-state index in [1.54, 1.807) is 6.92 Å². The number of carbonyl (C=O) groups is 2. The Labute approximate surface area is 157 Å². The smallest absolute Gasteiger partial charge is 0.337 e. The molecule has 0 saturated heterocycles. The van der Waals surface area contributed by atoms with E-state index in [2.05, 4.69) is 15.2 Å². The van der Waals surface area contributed by atoms with Crippen molar-refractivity contribution in [1.29, 1.82) is 0 Å². The van der Waals surface area contributed by atoms with Crippen molar-refractivity contribution < 1.29 is 24.2 Å². The molecule has 1 aromatic heterocycles. The van der Waals surface area contributed by atoms with Gasteiger partial charge in [0.25, 0.3) is 5.91 Å². The number of aromatic hydroxyl groups is 1. The summed E-state index contributed by atoms with van der Waals surface area (Å²) in [5.41, 5.74) is 0.577. The molecule has 0 saturated carbocycles. The van der Waals surface area contributed by atoms with Crippen LogP contribution in [0.3, 0.4) is 0 Å². The highest BCUT2D eigenvalue weighted by molar-refractivity contribution is 6.39. The molecule has 7 nitrogen and oxygen atoms in total. The zero-order chi connectivity index (χ0) is 19.7. The number of benzene rings is 2. The molecule has 0 aliphatic rings. The van der Waals surface area contributed by atoms with Gasteiger partial charge in [-0.1, -0.05) is 23.7 Å². The molecule has 1 heterocycles. The van der Waals surface area contributed by atoms with Crippen molar-refractivity contribution in [2.45, 2.75) is 12.8 Å². The van der Waals surface area contributed by atoms with Crippen LogP contribution in [0.25, 0.3) is 10.9 Å². The molecule has 3 aromatic rings. The molecule has 0 radical (unpaired) electrons. The molecule has 0 aliphatic carbocycles. The van der Waals surface area contributed by atoms with E-state index in [0.717, 1.165) is 0 Å². The number of amides is 1. The Morgan fingerprint density at radius 3 is 2.48 bits per heavy atom. The lowest BCUT2D eigenvalue weighted by Crippen LogP contribution is -2.05. The molecule has 3 N–H and O–H groups in total. The molecular formula is C18H13ClFN3O4. The number of aromatic nitrogens is 1. The predicted molar refractivity (Wildman–Crippen MR) is 96.3 cm³/mol. The second-order valence-electron chi connectivity index (χ2n) is 5.79. The van der Waals surface area contributed by atoms with Crippen LogP contribution in [-0.2, 0) is 4.79 Å². The Bertz CT molecular complexity index is 1080. The van der Waals surface area contributed by atoms with Gasteiger partial charge in [0.1, 0.15) is 5.82 Å². The number of hydrogen-bond donors (Lipinski definition) is 3. The van der Waals surface area contributed by atoms with Crippen LogP contribution in [0.2, 0.25) is 5.02 Å². The van der Waals surface area contributed by atoms with Crippen LogP contribution in [0.5, 0.6) is 5.88 Å². The number of nitrogens with zero attached hydrogens (tertiary/aromatic N) is 2. The molecule has 0 aliphatic heterocycles. The molecular weight excluding hydrogens is 377 g/mol. The topological polar surface area (TPSA) is 115 Å². The number of nitrogens with one attached hydrogen (secondary N) is 1. The molecule has 0 spiro atoms. The normalized spacial score (nSPS) is 12.6. The Kier molecular flexibility index (Phi) is 4.91. The van der Waals surface area contributed by atoms with Gasteiger partial charge in [-0.3, -0.25) is 4.79 Å². The van der Waals surface area contributed by atoms with Gasteiger partial charge >= 0.3 is 5.97 Å². The fourth-order valence-electron chi connectivity index (χ4n) is 2.56. The molecule has 3 rings (SSSR count). The van der Waals surface area contributed by atoms with Crippen molar-refractivity contribution in [3.8, 4) is 5.88 Å². The van der Waals surface area contributed by atoms with Crippen molar-refractivity contribution in [2.75, 3.05) is 0 Å². The summed E-state index contributed by atoms with van der Waals surface area (Å²) in [6, 6.07) is 8.10. The Morgan fingerprint density at radius 1 is 1.19 bits per heavy atom. The maximum atomic E-state index is 13.0. The SMILES string of the molecule is CC(C(=O)N=Nc1c(O)[nH]c2ccc(C(=O)O)c(Cl)c12)c1ccc(F)cc1. The molecule has 9 heteroatoms. The maximum absolute atomic E-state index is 13.0. The highest BCUT2D eigenvalue weighted by atomic mass is 35.5. The fraction of sp³-hybridized carbons (Fsp3) is 0.111. The standard InChI is InChI=1S/C18H13ClFN3O4/c1-8(9-2-4-10(20)5-3-9)16(24)23-22-15-13-12(21-17(15)25)7-6-11(14(13)19)18(26)27/h2-8,21,25H,1H3,(H,26,27). The van der Waals surface area contributed by atoms with Crippen molar-refractivity contribution in [1.82, 2.24) is 4.98 Å². The number of hydrogen-bond acceptors (Lipinski definition) is 4. The molecule has 0 fully saturated rings. The molecule has 0 bridgehead atoms. The number of fused-ring (bicyclic) bond motifs is 1. The average Bonchev–Trinajstić information content (AvgIpc) is 2.95. The average molecular weight is 390 g/mol. The molecule has 27 heavy (non-hydrogen) atoms. The van der Waals surface area contributed by atoms with Crippen molar-refractivity contribution in [2.24, 2.45) is 10.2 Å². The number of azo groups is 1. The third-order valence-electron chi connectivity index (χ3n) is 4.08. The number of H-pyrrole nitrogens is 1. The number of aromatic amines is 1. The number of carboxylic acid groups (broad SMARTS) is 1. The van der Waals surface area contributed by atoms with Crippen LogP contribution < -0.4 is 0 Å². The van der Waals surface area contributed by atoms with E-state index in [0.29, 0.717) is 11.1 Å². The molecule has 1 atom stereocenters. The summed E-state index contributed by atoms with van der Waals surface area (Å²) in [4.78, 5) is 26.1. The van der Waals surface area contributed by atoms with Crippen LogP contribution in [0.15, 0.2) is 46.6 Å². The third kappa shape index (κ3) is 3.52. The summed E-state index contributed by atoms with van der Waals surface area (Å²) in [6.45, 7) is 1.58. The second-order valence-corrected chi connectivity index (χ2v) is 6.17. The van der Waals surface area contributed by atoms with Crippen molar-refractivity contribution in [3.05, 3.63) is 58.4 Å². The summed E-state index contributed by atoms with van der Waals surface area (Å²) in [5.74, 6) is -3.38. The van der Waals surface area contributed by atoms with Gasteiger partial charge < -0.3 is 15.2 Å². The molecule has 1 unspecified atom stereocenters. The quantitative estimate of drug-likeness (QED) is 0.557. The second kappa shape index (κ2) is 7.16. The van der Waals surface area contributed by atoms with Crippen LogP contribution >= 0.6 is 11.6 Å². The summed E-state index contributed by atoms with van der Waals surface area (Å²) in [7, 11) is 0. The van der Waals surface area contributed by atoms with E-state index < -0.39 is 29.5 Å². The highest BCUT2D eigenvalue weighted by Crippen LogP contribution is 2.41. The zero-order valence-corrected chi connectivity index (χ0v) is 14.7. The van der Waals surface area contributed by atoms with Gasteiger partial charge in [-0.15, -0.1) is 10.2 Å². The fourth-order valence-corrected chi connectivity index (χ4v) is 2.89. The van der Waals surface area contributed by atoms with Gasteiger partial charge in [-0.05, 0) is 36.8 Å². The Hall–Kier alpha value is -3.26. The zero-order valence-electron chi connectivity index (χ0n) is 13.9. The van der Waals surface area contributed by atoms with Crippen LogP contribution in [0.1, 0.15) is 28.8 Å². The van der Waals surface area contributed by atoms with E-state index in [1.165, 1.54) is 36.4 Å². The lowest BCUT2D eigenvalue weighted by molar-refractivity contribution is -0.119. The summed E-state index contributed by atoms with van der Waals surface area (Å²) < 4.78 is 13.0. The summed E-state index contributed by atoms with van der Waals surface area (Å²) in [5, 5.41) is 26.6. The number of carboxylic acids is 1. The van der Waals surface area contributed by atoms with E-state index in [9.17, 15) is 19.1 Å². The van der Waals surface area contributed by atoms with Gasteiger partial charge in [0.15, 0.2) is 5.69 Å². The lowest BCUT2D eigenvalue weighted by Gasteiger charge is -2.06. The van der Waals surface area contributed by atoms with Crippen LogP contribution in [0, 0.1) is 5.82 Å². The minimum absolute atomic E-state index is 0.135. The van der Waals surface area contributed by atoms with Crippen LogP contribution in [-0.4, -0.2) is 27.1 Å². The first-order valence-corrected chi connectivity index (χ1v) is 8.15. The molecule has 1 amide bonds. The van der Waals surface area contributed by atoms with Crippen LogP contribution in [0.4, 0.5) is 10.1 Å². The Balaban J connectivity index is 1.96. The van der Waals surface area contributed by atoms with Gasteiger partial charge in [-0.25, -0.2) is 9.18 Å². The van der Waals surface area contributed by atoms with E-state index in [1.807, 2.05) is 0 Å². The van der Waals surface area contributed by atoms with E-state index in [4.69, 9.17) is 16.7 Å². The first kappa shape index (κ1) is 18.5. The summed E-state index contributed by atoms with van der Waals surface area (Å²) >= 11 is 6.11. The van der Waals surface area contributed by atoms with Gasteiger partial charge in [-0.2, -0.15) is 0 Å². The highest BCUT2D eigenvalue weighted by Gasteiger charge is 2.20. The number of aromatic carboxylic acids is 1. The van der Waals surface area contributed by atoms with E-state index >= 15 is 0 Å². The molecule has 138 valence electrons. The lowest BCUT2D eigenvalue weighted by atomic mass is 10.0.